The van der Waals surface area contributed by atoms with E-state index in [0.29, 0.717) is 10.0 Å². The second-order valence-electron chi connectivity index (χ2n) is 5.47. The van der Waals surface area contributed by atoms with E-state index in [2.05, 4.69) is 25.8 Å². The van der Waals surface area contributed by atoms with Gasteiger partial charge in [0.1, 0.15) is 5.82 Å². The molecule has 1 heterocycles. The number of non-ortho nitro benzene ring substituents is 1. The normalized spacial score (nSPS) is 11.3. The molecule has 2 aromatic carbocycles. The zero-order chi connectivity index (χ0) is 19.6. The molecule has 3 rings (SSSR count). The van der Waals surface area contributed by atoms with E-state index in [4.69, 9.17) is 0 Å². The standard InChI is InChI=1S/C16H12BrFN4O4S/c17-14-10-21(9-11-3-1-2-4-15(11)18)19-16(14)20-27(25,26)13-7-5-12(6-8-13)22(23)24/h1-8,10H,9H2,(H,19,20). The quantitative estimate of drug-likeness (QED) is 0.452. The first kappa shape index (κ1) is 19.0. The van der Waals surface area contributed by atoms with Crippen LogP contribution in [-0.2, 0) is 16.6 Å². The fraction of sp³-hybridized carbons (Fsp3) is 0.0625. The molecule has 0 radical (unpaired) electrons. The monoisotopic (exact) mass is 454 g/mol. The Morgan fingerprint density at radius 1 is 1.19 bits per heavy atom. The second-order valence-corrected chi connectivity index (χ2v) is 8.01. The summed E-state index contributed by atoms with van der Waals surface area (Å²) in [5, 5.41) is 14.8. The lowest BCUT2D eigenvalue weighted by atomic mass is 10.2. The molecule has 0 atom stereocenters. The molecule has 140 valence electrons. The number of rotatable bonds is 6. The molecule has 8 nitrogen and oxygen atoms in total. The van der Waals surface area contributed by atoms with Crippen molar-refractivity contribution in [2.45, 2.75) is 11.4 Å². The second kappa shape index (κ2) is 7.45. The van der Waals surface area contributed by atoms with Crippen molar-refractivity contribution in [2.75, 3.05) is 4.72 Å². The molecule has 0 spiro atoms. The molecule has 11 heteroatoms. The third kappa shape index (κ3) is 4.31. The topological polar surface area (TPSA) is 107 Å². The number of hydrogen-bond acceptors (Lipinski definition) is 5. The molecule has 0 saturated heterocycles. The van der Waals surface area contributed by atoms with Gasteiger partial charge in [-0.15, -0.1) is 0 Å². The average Bonchev–Trinajstić information content (AvgIpc) is 2.95. The molecule has 1 aromatic heterocycles. The molecule has 0 aliphatic carbocycles. The van der Waals surface area contributed by atoms with Gasteiger partial charge in [0.2, 0.25) is 0 Å². The number of nitrogens with one attached hydrogen (secondary N) is 1. The van der Waals surface area contributed by atoms with Crippen LogP contribution in [0.4, 0.5) is 15.9 Å². The summed E-state index contributed by atoms with van der Waals surface area (Å²) in [5.41, 5.74) is 0.182. The predicted molar refractivity (Wildman–Crippen MR) is 99.3 cm³/mol. The Morgan fingerprint density at radius 3 is 2.48 bits per heavy atom. The van der Waals surface area contributed by atoms with E-state index in [1.807, 2.05) is 0 Å². The minimum absolute atomic E-state index is 0.0182. The first-order chi connectivity index (χ1) is 12.8. The van der Waals surface area contributed by atoms with Gasteiger partial charge in [0.05, 0.1) is 20.8 Å². The Bertz CT molecular complexity index is 1100. The summed E-state index contributed by atoms with van der Waals surface area (Å²) < 4.78 is 42.7. The molecule has 0 aliphatic heterocycles. The van der Waals surface area contributed by atoms with Gasteiger partial charge in [-0.25, -0.2) is 12.8 Å². The zero-order valence-corrected chi connectivity index (χ0v) is 15.9. The first-order valence-electron chi connectivity index (χ1n) is 7.50. The number of aromatic nitrogens is 2. The number of halogens is 2. The van der Waals surface area contributed by atoms with Crippen molar-refractivity contribution >= 4 is 37.5 Å². The van der Waals surface area contributed by atoms with Gasteiger partial charge in [0, 0.05) is 23.9 Å². The van der Waals surface area contributed by atoms with Crippen LogP contribution in [0.3, 0.4) is 0 Å². The van der Waals surface area contributed by atoms with E-state index in [1.54, 1.807) is 18.2 Å². The Hall–Kier alpha value is -2.79. The van der Waals surface area contributed by atoms with Gasteiger partial charge in [-0.3, -0.25) is 19.5 Å². The van der Waals surface area contributed by atoms with Crippen LogP contribution < -0.4 is 4.72 Å². The molecular formula is C16H12BrFN4O4S. The lowest BCUT2D eigenvalue weighted by Crippen LogP contribution is -2.14. The van der Waals surface area contributed by atoms with Crippen LogP contribution in [0.25, 0.3) is 0 Å². The van der Waals surface area contributed by atoms with Gasteiger partial charge in [-0.1, -0.05) is 18.2 Å². The van der Waals surface area contributed by atoms with E-state index in [1.165, 1.54) is 16.9 Å². The number of sulfonamides is 1. The number of nitro benzene ring substituents is 1. The first-order valence-corrected chi connectivity index (χ1v) is 9.77. The molecule has 3 aromatic rings. The number of benzene rings is 2. The average molecular weight is 455 g/mol. The van der Waals surface area contributed by atoms with Gasteiger partial charge < -0.3 is 0 Å². The van der Waals surface area contributed by atoms with Gasteiger partial charge >= 0.3 is 0 Å². The van der Waals surface area contributed by atoms with Gasteiger partial charge in [-0.05, 0) is 34.1 Å². The summed E-state index contributed by atoms with van der Waals surface area (Å²) in [4.78, 5) is 9.90. The van der Waals surface area contributed by atoms with Crippen molar-refractivity contribution in [2.24, 2.45) is 0 Å². The minimum atomic E-state index is -4.00. The Balaban J connectivity index is 1.82. The molecule has 1 N–H and O–H groups in total. The highest BCUT2D eigenvalue weighted by atomic mass is 79.9. The summed E-state index contributed by atoms with van der Waals surface area (Å²) >= 11 is 3.21. The Morgan fingerprint density at radius 2 is 1.85 bits per heavy atom. The molecule has 0 fully saturated rings. The van der Waals surface area contributed by atoms with Gasteiger partial charge in [0.25, 0.3) is 15.7 Å². The van der Waals surface area contributed by atoms with Gasteiger partial charge in [-0.2, -0.15) is 5.10 Å². The van der Waals surface area contributed by atoms with E-state index in [0.717, 1.165) is 24.3 Å². The SMILES string of the molecule is O=[N+]([O-])c1ccc(S(=O)(=O)Nc2nn(Cc3ccccc3F)cc2Br)cc1. The fourth-order valence-corrected chi connectivity index (χ4v) is 3.85. The highest BCUT2D eigenvalue weighted by molar-refractivity contribution is 9.10. The van der Waals surface area contributed by atoms with Crippen LogP contribution in [0.1, 0.15) is 5.56 Å². The predicted octanol–water partition coefficient (Wildman–Crippen LogP) is 3.54. The summed E-state index contributed by atoms with van der Waals surface area (Å²) in [7, 11) is -4.00. The minimum Gasteiger partial charge on any atom is -0.265 e. The van der Waals surface area contributed by atoms with E-state index in [9.17, 15) is 22.9 Å². The molecule has 0 saturated carbocycles. The van der Waals surface area contributed by atoms with Crippen LogP contribution in [0, 0.1) is 15.9 Å². The van der Waals surface area contributed by atoms with Crippen LogP contribution in [0.15, 0.2) is 64.1 Å². The lowest BCUT2D eigenvalue weighted by Gasteiger charge is -2.06. The maximum atomic E-state index is 13.8. The molecule has 27 heavy (non-hydrogen) atoms. The summed E-state index contributed by atoms with van der Waals surface area (Å²) in [6.45, 7) is 0.116. The largest absolute Gasteiger partial charge is 0.269 e. The third-order valence-electron chi connectivity index (χ3n) is 3.60. The molecular weight excluding hydrogens is 443 g/mol. The van der Waals surface area contributed by atoms with Crippen LogP contribution >= 0.6 is 15.9 Å². The molecule has 0 aliphatic rings. The van der Waals surface area contributed by atoms with Gasteiger partial charge in [0.15, 0.2) is 5.82 Å². The lowest BCUT2D eigenvalue weighted by molar-refractivity contribution is -0.384. The summed E-state index contributed by atoms with van der Waals surface area (Å²) in [5.74, 6) is -0.373. The van der Waals surface area contributed by atoms with E-state index < -0.39 is 20.8 Å². The molecule has 0 bridgehead atoms. The maximum absolute atomic E-state index is 13.8. The van der Waals surface area contributed by atoms with Crippen molar-refractivity contribution in [3.8, 4) is 0 Å². The fourth-order valence-electron chi connectivity index (χ4n) is 2.28. The van der Waals surface area contributed by atoms with Crippen LogP contribution in [-0.4, -0.2) is 23.1 Å². The molecule has 0 amide bonds. The van der Waals surface area contributed by atoms with Crippen molar-refractivity contribution < 1.29 is 17.7 Å². The van der Waals surface area contributed by atoms with E-state index in [-0.39, 0.29) is 22.9 Å². The summed E-state index contributed by atoms with van der Waals surface area (Å²) in [6.07, 6.45) is 1.51. The Labute approximate surface area is 162 Å². The maximum Gasteiger partial charge on any atom is 0.269 e. The smallest absolute Gasteiger partial charge is 0.265 e. The number of nitrogens with zero attached hydrogens (tertiary/aromatic N) is 3. The van der Waals surface area contributed by atoms with E-state index >= 15 is 0 Å². The molecule has 0 unspecified atom stereocenters. The Kier molecular flexibility index (Phi) is 5.24. The number of nitro groups is 1. The van der Waals surface area contributed by atoms with Crippen molar-refractivity contribution in [3.05, 3.63) is 80.7 Å². The highest BCUT2D eigenvalue weighted by Gasteiger charge is 2.19. The zero-order valence-electron chi connectivity index (χ0n) is 13.5. The number of hydrogen-bond donors (Lipinski definition) is 1. The number of anilines is 1. The van der Waals surface area contributed by atoms with Crippen LogP contribution in [0.2, 0.25) is 0 Å². The third-order valence-corrected chi connectivity index (χ3v) is 5.53. The summed E-state index contributed by atoms with van der Waals surface area (Å²) in [6, 6.07) is 10.6. The van der Waals surface area contributed by atoms with Crippen molar-refractivity contribution in [1.29, 1.82) is 0 Å². The van der Waals surface area contributed by atoms with Crippen molar-refractivity contribution in [1.82, 2.24) is 9.78 Å². The van der Waals surface area contributed by atoms with Crippen molar-refractivity contribution in [3.63, 3.8) is 0 Å². The van der Waals surface area contributed by atoms with Crippen LogP contribution in [0.5, 0.6) is 0 Å². The highest BCUT2D eigenvalue weighted by Crippen LogP contribution is 2.25.